The minimum absolute atomic E-state index is 0.00235. The van der Waals surface area contributed by atoms with E-state index in [1.165, 1.54) is 11.1 Å². The van der Waals surface area contributed by atoms with E-state index in [-0.39, 0.29) is 11.9 Å². The minimum atomic E-state index is -0.00235. The molecule has 6 nitrogen and oxygen atoms in total. The first-order valence-electron chi connectivity index (χ1n) is 11.7. The van der Waals surface area contributed by atoms with Gasteiger partial charge in [0.25, 0.3) is 0 Å². The van der Waals surface area contributed by atoms with Gasteiger partial charge in [-0.1, -0.05) is 29.8 Å². The van der Waals surface area contributed by atoms with Gasteiger partial charge < -0.3 is 14.4 Å². The van der Waals surface area contributed by atoms with Crippen LogP contribution in [0.3, 0.4) is 0 Å². The first kappa shape index (κ1) is 23.6. The highest BCUT2D eigenvalue weighted by Gasteiger charge is 2.32. The lowest BCUT2D eigenvalue weighted by atomic mass is 10.1. The Bertz CT molecular complexity index is 1190. The van der Waals surface area contributed by atoms with Gasteiger partial charge in [-0.15, -0.1) is 0 Å². The van der Waals surface area contributed by atoms with Crippen molar-refractivity contribution in [3.05, 3.63) is 82.2 Å². The number of nitrogens with zero attached hydrogens (tertiary/aromatic N) is 3. The lowest BCUT2D eigenvalue weighted by Crippen LogP contribution is -2.31. The molecule has 1 saturated carbocycles. The average Bonchev–Trinajstić information content (AvgIpc) is 3.64. The second-order valence-corrected chi connectivity index (χ2v) is 8.94. The molecular weight excluding hydrogens is 426 g/mol. The fourth-order valence-corrected chi connectivity index (χ4v) is 4.18. The summed E-state index contributed by atoms with van der Waals surface area (Å²) in [6.07, 6.45) is 5.64. The van der Waals surface area contributed by atoms with Gasteiger partial charge in [0.05, 0.1) is 33.0 Å². The first-order chi connectivity index (χ1) is 16.4. The molecule has 4 rings (SSSR count). The van der Waals surface area contributed by atoms with E-state index < -0.39 is 0 Å². The summed E-state index contributed by atoms with van der Waals surface area (Å²) in [6.45, 7) is 7.32. The highest BCUT2D eigenvalue weighted by molar-refractivity contribution is 5.92. The normalized spacial score (nSPS) is 13.3. The van der Waals surface area contributed by atoms with Gasteiger partial charge in [0.15, 0.2) is 0 Å². The Labute approximate surface area is 201 Å². The number of aromatic nitrogens is 2. The van der Waals surface area contributed by atoms with E-state index in [0.717, 1.165) is 46.9 Å². The van der Waals surface area contributed by atoms with Gasteiger partial charge in [-0.05, 0) is 63.5 Å². The van der Waals surface area contributed by atoms with Crippen LogP contribution in [-0.4, -0.2) is 40.8 Å². The molecule has 0 saturated heterocycles. The molecule has 1 aromatic heterocycles. The molecule has 0 spiro atoms. The summed E-state index contributed by atoms with van der Waals surface area (Å²) in [5.41, 5.74) is 6.35. The average molecular weight is 460 g/mol. The summed E-state index contributed by atoms with van der Waals surface area (Å²) in [4.78, 5) is 15.2. The molecule has 6 heteroatoms. The number of methoxy groups -OCH3 is 2. The Morgan fingerprint density at radius 2 is 1.82 bits per heavy atom. The maximum absolute atomic E-state index is 13.2. The van der Waals surface area contributed by atoms with Crippen LogP contribution in [0.4, 0.5) is 0 Å². The maximum Gasteiger partial charge on any atom is 0.247 e. The third-order valence-electron chi connectivity index (χ3n) is 6.38. The summed E-state index contributed by atoms with van der Waals surface area (Å²) in [5.74, 6) is 1.51. The second kappa shape index (κ2) is 10.2. The molecule has 0 aliphatic heterocycles. The molecule has 0 bridgehead atoms. The van der Waals surface area contributed by atoms with E-state index in [1.54, 1.807) is 20.3 Å². The number of hydrogen-bond acceptors (Lipinski definition) is 4. The number of aryl methyl sites for hydroxylation is 2. The molecule has 2 aromatic carbocycles. The molecule has 178 valence electrons. The lowest BCUT2D eigenvalue weighted by molar-refractivity contribution is -0.127. The number of carbonyl (C=O) groups excluding carboxylic acids is 1. The van der Waals surface area contributed by atoms with Crippen LogP contribution in [0, 0.1) is 20.8 Å². The molecule has 0 radical (unpaired) electrons. The summed E-state index contributed by atoms with van der Waals surface area (Å²) in [7, 11) is 3.29. The van der Waals surface area contributed by atoms with Crippen molar-refractivity contribution in [1.82, 2.24) is 14.7 Å². The SMILES string of the molecule is COc1ccc(OC)c(CN(C(=O)/C=C/c2c(C)nn(Cc3ccc(C)cc3)c2C)C2CC2)c1. The van der Waals surface area contributed by atoms with Crippen molar-refractivity contribution in [3.63, 3.8) is 0 Å². The molecule has 1 amide bonds. The van der Waals surface area contributed by atoms with Crippen LogP contribution in [0.5, 0.6) is 11.5 Å². The van der Waals surface area contributed by atoms with Crippen molar-refractivity contribution >= 4 is 12.0 Å². The van der Waals surface area contributed by atoms with Gasteiger partial charge in [-0.2, -0.15) is 5.10 Å². The van der Waals surface area contributed by atoms with E-state index in [0.29, 0.717) is 13.1 Å². The van der Waals surface area contributed by atoms with Gasteiger partial charge in [0.2, 0.25) is 5.91 Å². The maximum atomic E-state index is 13.2. The Kier molecular flexibility index (Phi) is 7.06. The van der Waals surface area contributed by atoms with E-state index in [2.05, 4.69) is 38.1 Å². The molecular formula is C28H33N3O3. The number of carbonyl (C=O) groups is 1. The highest BCUT2D eigenvalue weighted by Crippen LogP contribution is 2.32. The summed E-state index contributed by atoms with van der Waals surface area (Å²) < 4.78 is 12.9. The molecule has 1 fully saturated rings. The predicted molar refractivity (Wildman–Crippen MR) is 134 cm³/mol. The first-order valence-corrected chi connectivity index (χ1v) is 11.7. The Morgan fingerprint density at radius 3 is 2.47 bits per heavy atom. The van der Waals surface area contributed by atoms with Gasteiger partial charge in [-0.25, -0.2) is 0 Å². The number of hydrogen-bond donors (Lipinski definition) is 0. The second-order valence-electron chi connectivity index (χ2n) is 8.94. The molecule has 1 aliphatic rings. The zero-order valence-corrected chi connectivity index (χ0v) is 20.7. The number of rotatable bonds is 9. The van der Waals surface area contributed by atoms with Crippen molar-refractivity contribution in [2.45, 2.75) is 52.7 Å². The number of benzene rings is 2. The van der Waals surface area contributed by atoms with Crippen molar-refractivity contribution < 1.29 is 14.3 Å². The fraction of sp³-hybridized carbons (Fsp3) is 0.357. The molecule has 34 heavy (non-hydrogen) atoms. The van der Waals surface area contributed by atoms with Crippen LogP contribution in [-0.2, 0) is 17.9 Å². The van der Waals surface area contributed by atoms with Gasteiger partial charge in [0, 0.05) is 28.9 Å². The van der Waals surface area contributed by atoms with Crippen molar-refractivity contribution in [2.24, 2.45) is 0 Å². The Balaban J connectivity index is 1.52. The number of amides is 1. The van der Waals surface area contributed by atoms with E-state index in [9.17, 15) is 4.79 Å². The summed E-state index contributed by atoms with van der Waals surface area (Å²) in [5, 5.41) is 4.72. The Hall–Kier alpha value is -3.54. The summed E-state index contributed by atoms with van der Waals surface area (Å²) in [6, 6.07) is 14.4. The fourth-order valence-electron chi connectivity index (χ4n) is 4.18. The molecule has 0 atom stereocenters. The molecule has 3 aromatic rings. The topological polar surface area (TPSA) is 56.6 Å². The van der Waals surface area contributed by atoms with Crippen LogP contribution in [0.15, 0.2) is 48.5 Å². The van der Waals surface area contributed by atoms with Crippen LogP contribution < -0.4 is 9.47 Å². The third-order valence-corrected chi connectivity index (χ3v) is 6.38. The lowest BCUT2D eigenvalue weighted by Gasteiger charge is -2.22. The standard InChI is InChI=1S/C28H33N3O3/c1-19-6-8-22(9-7-19)17-31-21(3)26(20(2)29-31)13-15-28(32)30(24-10-11-24)18-23-16-25(33-4)12-14-27(23)34-5/h6-9,12-16,24H,10-11,17-18H2,1-5H3/b15-13+. The smallest absolute Gasteiger partial charge is 0.247 e. The molecule has 0 unspecified atom stereocenters. The zero-order valence-electron chi connectivity index (χ0n) is 20.7. The van der Waals surface area contributed by atoms with E-state index in [4.69, 9.17) is 14.6 Å². The van der Waals surface area contributed by atoms with Crippen LogP contribution in [0.2, 0.25) is 0 Å². The highest BCUT2D eigenvalue weighted by atomic mass is 16.5. The van der Waals surface area contributed by atoms with Gasteiger partial charge in [-0.3, -0.25) is 9.48 Å². The quantitative estimate of drug-likeness (QED) is 0.419. The van der Waals surface area contributed by atoms with E-state index in [1.807, 2.05) is 40.8 Å². The Morgan fingerprint density at radius 1 is 1.09 bits per heavy atom. The third kappa shape index (κ3) is 5.33. The summed E-state index contributed by atoms with van der Waals surface area (Å²) >= 11 is 0. The molecule has 0 N–H and O–H groups in total. The molecule has 1 aliphatic carbocycles. The van der Waals surface area contributed by atoms with Crippen molar-refractivity contribution in [3.8, 4) is 11.5 Å². The monoisotopic (exact) mass is 459 g/mol. The number of ether oxygens (including phenoxy) is 2. The van der Waals surface area contributed by atoms with Gasteiger partial charge >= 0.3 is 0 Å². The zero-order chi connectivity index (χ0) is 24.2. The largest absolute Gasteiger partial charge is 0.497 e. The van der Waals surface area contributed by atoms with Crippen molar-refractivity contribution in [2.75, 3.05) is 14.2 Å². The minimum Gasteiger partial charge on any atom is -0.497 e. The van der Waals surface area contributed by atoms with Crippen molar-refractivity contribution in [1.29, 1.82) is 0 Å². The van der Waals surface area contributed by atoms with E-state index >= 15 is 0 Å². The molecule has 1 heterocycles. The van der Waals surface area contributed by atoms with Crippen LogP contribution >= 0.6 is 0 Å². The predicted octanol–water partition coefficient (Wildman–Crippen LogP) is 5.08. The van der Waals surface area contributed by atoms with Crippen LogP contribution in [0.1, 0.15) is 46.5 Å². The van der Waals surface area contributed by atoms with Gasteiger partial charge in [0.1, 0.15) is 11.5 Å². The van der Waals surface area contributed by atoms with Crippen LogP contribution in [0.25, 0.3) is 6.08 Å².